The predicted molar refractivity (Wildman–Crippen MR) is 87.0 cm³/mol. The molecule has 1 atom stereocenters. The summed E-state index contributed by atoms with van der Waals surface area (Å²) in [4.78, 5) is 7.80. The Balaban J connectivity index is 1.96. The number of thioether (sulfide) groups is 1. The first-order valence-corrected chi connectivity index (χ1v) is 8.34. The molecule has 0 radical (unpaired) electrons. The molecule has 0 spiro atoms. The lowest BCUT2D eigenvalue weighted by molar-refractivity contribution is 0.240. The summed E-state index contributed by atoms with van der Waals surface area (Å²) in [6.07, 6.45) is -0.460. The molecule has 3 heterocycles. The van der Waals surface area contributed by atoms with E-state index in [0.29, 0.717) is 0 Å². The van der Waals surface area contributed by atoms with Crippen LogP contribution in [-0.4, -0.2) is 34.4 Å². The van der Waals surface area contributed by atoms with Crippen molar-refractivity contribution in [2.24, 2.45) is 4.99 Å². The van der Waals surface area contributed by atoms with Gasteiger partial charge in [-0.1, -0.05) is 30.0 Å². The summed E-state index contributed by atoms with van der Waals surface area (Å²) in [6, 6.07) is 8.53. The highest BCUT2D eigenvalue weighted by atomic mass is 32.2. The lowest BCUT2D eigenvalue weighted by Crippen LogP contribution is -2.20. The van der Waals surface area contributed by atoms with Crippen LogP contribution in [0.5, 0.6) is 0 Å². The van der Waals surface area contributed by atoms with Crippen molar-refractivity contribution in [1.29, 1.82) is 0 Å². The third kappa shape index (κ3) is 1.74. The quantitative estimate of drug-likeness (QED) is 0.924. The van der Waals surface area contributed by atoms with Crippen LogP contribution in [0.25, 0.3) is 15.8 Å². The van der Waals surface area contributed by atoms with Crippen LogP contribution in [0.15, 0.2) is 39.5 Å². The van der Waals surface area contributed by atoms with Crippen LogP contribution in [0.4, 0.5) is 0 Å². The number of nitrogens with zero attached hydrogens (tertiary/aromatic N) is 2. The molecular formula is C15H14N2OS2. The van der Waals surface area contributed by atoms with Crippen molar-refractivity contribution < 1.29 is 5.11 Å². The molecule has 4 rings (SSSR count). The fraction of sp³-hybridized carbons (Fsp3) is 0.267. The minimum atomic E-state index is -0.460. The number of amidine groups is 1. The lowest BCUT2D eigenvalue weighted by Gasteiger charge is -2.18. The van der Waals surface area contributed by atoms with Gasteiger partial charge in [0.1, 0.15) is 0 Å². The minimum Gasteiger partial charge on any atom is -0.388 e. The third-order valence-electron chi connectivity index (χ3n) is 3.62. The Kier molecular flexibility index (Phi) is 2.87. The van der Waals surface area contributed by atoms with Gasteiger partial charge in [-0.3, -0.25) is 4.99 Å². The second kappa shape index (κ2) is 4.62. The molecule has 2 aliphatic heterocycles. The summed E-state index contributed by atoms with van der Waals surface area (Å²) >= 11 is 3.37. The van der Waals surface area contributed by atoms with Gasteiger partial charge in [0.15, 0.2) is 5.17 Å². The number of hydrogen-bond acceptors (Lipinski definition) is 5. The molecule has 2 aromatic rings. The van der Waals surface area contributed by atoms with Crippen molar-refractivity contribution in [1.82, 2.24) is 4.90 Å². The number of benzene rings is 1. The third-order valence-corrected chi connectivity index (χ3v) is 5.87. The Morgan fingerprint density at radius 2 is 2.25 bits per heavy atom. The van der Waals surface area contributed by atoms with E-state index in [2.05, 4.69) is 39.5 Å². The molecule has 0 amide bonds. The molecule has 2 aliphatic rings. The van der Waals surface area contributed by atoms with Crippen LogP contribution in [0.1, 0.15) is 12.5 Å². The van der Waals surface area contributed by atoms with Gasteiger partial charge in [-0.05, 0) is 23.8 Å². The van der Waals surface area contributed by atoms with E-state index in [1.54, 1.807) is 23.1 Å². The molecule has 0 saturated heterocycles. The summed E-state index contributed by atoms with van der Waals surface area (Å²) in [5.74, 6) is 0. The van der Waals surface area contributed by atoms with Crippen molar-refractivity contribution in [2.75, 3.05) is 13.1 Å². The van der Waals surface area contributed by atoms with E-state index < -0.39 is 6.10 Å². The number of aliphatic hydroxyl groups excluding tert-OH is 1. The highest BCUT2D eigenvalue weighted by Crippen LogP contribution is 2.45. The van der Waals surface area contributed by atoms with Gasteiger partial charge in [0.2, 0.25) is 0 Å². The molecule has 102 valence electrons. The molecule has 3 nitrogen and oxygen atoms in total. The summed E-state index contributed by atoms with van der Waals surface area (Å²) in [5.41, 5.74) is 2.36. The standard InChI is InChI=1S/C15H14N2OS2/c1-9(18)13-12(17-7-6-16-15(17)20-13)11-4-2-3-10-5-8-19-14(10)11/h2-5,8-9,18H,6-7H2,1H3. The number of thiophene rings is 1. The van der Waals surface area contributed by atoms with Crippen LogP contribution in [0.2, 0.25) is 0 Å². The van der Waals surface area contributed by atoms with Crippen molar-refractivity contribution in [3.8, 4) is 0 Å². The molecule has 1 N–H and O–H groups in total. The molecule has 1 unspecified atom stereocenters. The van der Waals surface area contributed by atoms with Crippen LogP contribution in [0.3, 0.4) is 0 Å². The second-order valence-electron chi connectivity index (χ2n) is 4.95. The summed E-state index contributed by atoms with van der Waals surface area (Å²) in [5, 5.41) is 14.5. The molecule has 1 aromatic carbocycles. The molecular weight excluding hydrogens is 288 g/mol. The van der Waals surface area contributed by atoms with Crippen molar-refractivity contribution in [3.05, 3.63) is 40.1 Å². The predicted octanol–water partition coefficient (Wildman–Crippen LogP) is 3.37. The van der Waals surface area contributed by atoms with Crippen LogP contribution < -0.4 is 0 Å². The smallest absolute Gasteiger partial charge is 0.168 e. The van der Waals surface area contributed by atoms with E-state index in [4.69, 9.17) is 0 Å². The van der Waals surface area contributed by atoms with E-state index in [1.165, 1.54) is 15.6 Å². The molecule has 0 saturated carbocycles. The zero-order valence-corrected chi connectivity index (χ0v) is 12.7. The SMILES string of the molecule is CC(O)C1=C(c2cccc3ccsc23)N2CCN=C2S1. The first-order valence-electron chi connectivity index (χ1n) is 6.64. The lowest BCUT2D eigenvalue weighted by atomic mass is 10.1. The molecule has 20 heavy (non-hydrogen) atoms. The minimum absolute atomic E-state index is 0.460. The van der Waals surface area contributed by atoms with Gasteiger partial charge in [-0.25, -0.2) is 0 Å². The Labute approximate surface area is 125 Å². The van der Waals surface area contributed by atoms with Gasteiger partial charge in [0.05, 0.1) is 18.3 Å². The van der Waals surface area contributed by atoms with E-state index in [-0.39, 0.29) is 0 Å². The van der Waals surface area contributed by atoms with E-state index in [0.717, 1.165) is 28.9 Å². The van der Waals surface area contributed by atoms with Gasteiger partial charge < -0.3 is 10.0 Å². The summed E-state index contributed by atoms with van der Waals surface area (Å²) < 4.78 is 1.29. The largest absolute Gasteiger partial charge is 0.388 e. The van der Waals surface area contributed by atoms with E-state index >= 15 is 0 Å². The Hall–Kier alpha value is -1.30. The summed E-state index contributed by atoms with van der Waals surface area (Å²) in [6.45, 7) is 3.59. The first-order chi connectivity index (χ1) is 9.75. The highest BCUT2D eigenvalue weighted by Gasteiger charge is 2.35. The van der Waals surface area contributed by atoms with Crippen molar-refractivity contribution in [3.63, 3.8) is 0 Å². The average molecular weight is 302 g/mol. The maximum atomic E-state index is 10.1. The number of rotatable bonds is 2. The second-order valence-corrected chi connectivity index (χ2v) is 6.88. The number of aliphatic imine (C=N–C) groups is 1. The zero-order valence-electron chi connectivity index (χ0n) is 11.0. The number of aliphatic hydroxyl groups is 1. The number of hydrogen-bond donors (Lipinski definition) is 1. The topological polar surface area (TPSA) is 35.8 Å². The fourth-order valence-electron chi connectivity index (χ4n) is 2.74. The van der Waals surface area contributed by atoms with Gasteiger partial charge in [0, 0.05) is 21.7 Å². The van der Waals surface area contributed by atoms with Gasteiger partial charge in [0.25, 0.3) is 0 Å². The molecule has 0 fully saturated rings. The van der Waals surface area contributed by atoms with E-state index in [9.17, 15) is 5.11 Å². The first kappa shape index (κ1) is 12.4. The number of fused-ring (bicyclic) bond motifs is 2. The zero-order chi connectivity index (χ0) is 13.7. The van der Waals surface area contributed by atoms with Gasteiger partial charge in [-0.2, -0.15) is 0 Å². The van der Waals surface area contributed by atoms with Crippen molar-refractivity contribution >= 4 is 44.0 Å². The Bertz CT molecular complexity index is 745. The monoisotopic (exact) mass is 302 g/mol. The summed E-state index contributed by atoms with van der Waals surface area (Å²) in [7, 11) is 0. The molecule has 1 aromatic heterocycles. The van der Waals surface area contributed by atoms with Crippen LogP contribution in [0, 0.1) is 0 Å². The Morgan fingerprint density at radius 1 is 1.35 bits per heavy atom. The van der Waals surface area contributed by atoms with Crippen LogP contribution in [-0.2, 0) is 0 Å². The van der Waals surface area contributed by atoms with Crippen LogP contribution >= 0.6 is 23.1 Å². The van der Waals surface area contributed by atoms with Gasteiger partial charge in [-0.15, -0.1) is 11.3 Å². The molecule has 5 heteroatoms. The fourth-order valence-corrected chi connectivity index (χ4v) is 4.79. The molecule has 0 aliphatic carbocycles. The maximum Gasteiger partial charge on any atom is 0.168 e. The van der Waals surface area contributed by atoms with Gasteiger partial charge >= 0.3 is 0 Å². The van der Waals surface area contributed by atoms with E-state index in [1.807, 2.05) is 6.92 Å². The molecule has 0 bridgehead atoms. The highest BCUT2D eigenvalue weighted by molar-refractivity contribution is 8.17. The normalized spacial score (nSPS) is 19.7. The Morgan fingerprint density at radius 3 is 3.10 bits per heavy atom. The maximum absolute atomic E-state index is 10.1. The van der Waals surface area contributed by atoms with Crippen molar-refractivity contribution in [2.45, 2.75) is 13.0 Å². The average Bonchev–Trinajstić information content (AvgIpc) is 3.12.